The molecule has 2 atom stereocenters. The molecule has 2 unspecified atom stereocenters. The lowest BCUT2D eigenvalue weighted by Gasteiger charge is -2.38. The molecule has 2 heterocycles. The Hall–Kier alpha value is -2.41. The molecule has 0 radical (unpaired) electrons. The first-order chi connectivity index (χ1) is 14.2. The second-order valence-electron chi connectivity index (χ2n) is 7.66. The molecule has 6 nitrogen and oxygen atoms in total. The minimum Gasteiger partial charge on any atom is -0.497 e. The van der Waals surface area contributed by atoms with E-state index in [1.165, 1.54) is 5.56 Å². The number of benzene rings is 2. The molecule has 2 aliphatic heterocycles. The molecule has 0 aromatic heterocycles. The van der Waals surface area contributed by atoms with Gasteiger partial charge in [-0.05, 0) is 47.7 Å². The van der Waals surface area contributed by atoms with Gasteiger partial charge in [-0.15, -0.1) is 0 Å². The van der Waals surface area contributed by atoms with Crippen LogP contribution in [0.3, 0.4) is 0 Å². The number of nitrogens with one attached hydrogen (secondary N) is 1. The molecule has 0 aliphatic carbocycles. The maximum Gasteiger partial charge on any atom is 0.248 e. The Balaban J connectivity index is 1.64. The van der Waals surface area contributed by atoms with Gasteiger partial charge >= 0.3 is 0 Å². The Labute approximate surface area is 172 Å². The van der Waals surface area contributed by atoms with Crippen molar-refractivity contribution >= 4 is 5.91 Å². The van der Waals surface area contributed by atoms with E-state index in [4.69, 9.17) is 15.2 Å². The molecule has 154 valence electrons. The van der Waals surface area contributed by atoms with Crippen molar-refractivity contribution in [3.05, 3.63) is 64.7 Å². The van der Waals surface area contributed by atoms with Crippen LogP contribution in [0.4, 0.5) is 0 Å². The van der Waals surface area contributed by atoms with Crippen LogP contribution in [0.2, 0.25) is 0 Å². The summed E-state index contributed by atoms with van der Waals surface area (Å²) in [5.74, 6) is 0.495. The fraction of sp³-hybridized carbons (Fsp3) is 0.435. The minimum absolute atomic E-state index is 0.0555. The first-order valence-electron chi connectivity index (χ1n) is 10.3. The number of fused-ring (bicyclic) bond motifs is 1. The summed E-state index contributed by atoms with van der Waals surface area (Å²) in [7, 11) is 1.69. The van der Waals surface area contributed by atoms with Crippen LogP contribution >= 0.6 is 0 Å². The monoisotopic (exact) mass is 395 g/mol. The van der Waals surface area contributed by atoms with E-state index in [0.717, 1.165) is 55.9 Å². The number of carbonyl (C=O) groups excluding carboxylic acids is 1. The number of rotatable bonds is 6. The van der Waals surface area contributed by atoms with Gasteiger partial charge in [-0.2, -0.15) is 0 Å². The van der Waals surface area contributed by atoms with Crippen molar-refractivity contribution < 1.29 is 14.3 Å². The predicted molar refractivity (Wildman–Crippen MR) is 112 cm³/mol. The first kappa shape index (κ1) is 19.9. The molecule has 6 heteroatoms. The van der Waals surface area contributed by atoms with Crippen LogP contribution in [0.25, 0.3) is 0 Å². The van der Waals surface area contributed by atoms with Crippen molar-refractivity contribution in [3.8, 4) is 5.75 Å². The molecule has 1 fully saturated rings. The number of primary amides is 1. The standard InChI is InChI=1S/C23H29N3O3/c1-28-17-7-5-16(6-8-17)21(26-12-10-25-11-13-26)15-22-19-3-2-4-20(23(24)27)18(19)9-14-29-22/h2-8,21-22,25H,9-15H2,1H3,(H2,24,27). The van der Waals surface area contributed by atoms with Crippen LogP contribution in [-0.4, -0.2) is 50.7 Å². The van der Waals surface area contributed by atoms with E-state index in [1.807, 2.05) is 24.3 Å². The quantitative estimate of drug-likeness (QED) is 0.786. The van der Waals surface area contributed by atoms with Gasteiger partial charge in [0.2, 0.25) is 5.91 Å². The van der Waals surface area contributed by atoms with Gasteiger partial charge < -0.3 is 20.5 Å². The third-order valence-corrected chi connectivity index (χ3v) is 6.03. The van der Waals surface area contributed by atoms with Crippen LogP contribution in [0, 0.1) is 0 Å². The smallest absolute Gasteiger partial charge is 0.248 e. The number of ether oxygens (including phenoxy) is 2. The molecule has 29 heavy (non-hydrogen) atoms. The average Bonchev–Trinajstić information content (AvgIpc) is 2.77. The summed E-state index contributed by atoms with van der Waals surface area (Å²) in [5, 5.41) is 3.43. The lowest BCUT2D eigenvalue weighted by molar-refractivity contribution is 0.0118. The number of nitrogens with zero attached hydrogens (tertiary/aromatic N) is 1. The second kappa shape index (κ2) is 8.95. The maximum atomic E-state index is 11.9. The first-order valence-corrected chi connectivity index (χ1v) is 10.3. The van der Waals surface area contributed by atoms with E-state index in [1.54, 1.807) is 7.11 Å². The zero-order chi connectivity index (χ0) is 20.2. The van der Waals surface area contributed by atoms with Crippen molar-refractivity contribution in [3.63, 3.8) is 0 Å². The number of hydrogen-bond acceptors (Lipinski definition) is 5. The van der Waals surface area contributed by atoms with E-state index in [0.29, 0.717) is 12.2 Å². The van der Waals surface area contributed by atoms with Crippen LogP contribution < -0.4 is 15.8 Å². The highest BCUT2D eigenvalue weighted by Crippen LogP contribution is 2.38. The fourth-order valence-corrected chi connectivity index (χ4v) is 4.52. The molecule has 3 N–H and O–H groups in total. The molecule has 1 amide bonds. The van der Waals surface area contributed by atoms with Gasteiger partial charge in [0.05, 0.1) is 19.8 Å². The number of methoxy groups -OCH3 is 1. The highest BCUT2D eigenvalue weighted by Gasteiger charge is 2.30. The van der Waals surface area contributed by atoms with Crippen molar-refractivity contribution in [2.45, 2.75) is 25.0 Å². The van der Waals surface area contributed by atoms with Crippen LogP contribution in [0.15, 0.2) is 42.5 Å². The zero-order valence-corrected chi connectivity index (χ0v) is 16.9. The van der Waals surface area contributed by atoms with Gasteiger partial charge in [0.15, 0.2) is 0 Å². The van der Waals surface area contributed by atoms with E-state index in [2.05, 4.69) is 28.4 Å². The maximum absolute atomic E-state index is 11.9. The minimum atomic E-state index is -0.365. The zero-order valence-electron chi connectivity index (χ0n) is 16.9. The summed E-state index contributed by atoms with van der Waals surface area (Å²) < 4.78 is 11.5. The van der Waals surface area contributed by atoms with Crippen molar-refractivity contribution in [2.75, 3.05) is 39.9 Å². The highest BCUT2D eigenvalue weighted by atomic mass is 16.5. The molecule has 0 spiro atoms. The summed E-state index contributed by atoms with van der Waals surface area (Å²) in [6.07, 6.45) is 1.51. The SMILES string of the molecule is COc1ccc(C(CC2OCCc3c(C(N)=O)cccc32)N2CCNCC2)cc1. The highest BCUT2D eigenvalue weighted by molar-refractivity contribution is 5.94. The lowest BCUT2D eigenvalue weighted by Crippen LogP contribution is -2.45. The van der Waals surface area contributed by atoms with Crippen LogP contribution in [0.5, 0.6) is 5.75 Å². The van der Waals surface area contributed by atoms with Gasteiger partial charge in [-0.25, -0.2) is 0 Å². The Kier molecular flexibility index (Phi) is 6.13. The fourth-order valence-electron chi connectivity index (χ4n) is 4.52. The largest absolute Gasteiger partial charge is 0.497 e. The van der Waals surface area contributed by atoms with Crippen LogP contribution in [-0.2, 0) is 11.2 Å². The third kappa shape index (κ3) is 4.29. The van der Waals surface area contributed by atoms with Crippen LogP contribution in [0.1, 0.15) is 45.6 Å². The van der Waals surface area contributed by atoms with Crippen molar-refractivity contribution in [1.29, 1.82) is 0 Å². The summed E-state index contributed by atoms with van der Waals surface area (Å²) in [6.45, 7) is 4.58. The Morgan fingerprint density at radius 1 is 1.24 bits per heavy atom. The van der Waals surface area contributed by atoms with E-state index >= 15 is 0 Å². The van der Waals surface area contributed by atoms with Gasteiger partial charge in [-0.1, -0.05) is 24.3 Å². The van der Waals surface area contributed by atoms with Crippen molar-refractivity contribution in [2.24, 2.45) is 5.73 Å². The normalized spacial score (nSPS) is 20.7. The van der Waals surface area contributed by atoms with Gasteiger partial charge in [-0.3, -0.25) is 9.69 Å². The van der Waals surface area contributed by atoms with Gasteiger partial charge in [0.25, 0.3) is 0 Å². The molecule has 2 aliphatic rings. The average molecular weight is 396 g/mol. The number of piperazine rings is 1. The Bertz CT molecular complexity index is 847. The number of hydrogen-bond donors (Lipinski definition) is 2. The number of nitrogens with two attached hydrogens (primary N) is 1. The third-order valence-electron chi connectivity index (χ3n) is 6.03. The summed E-state index contributed by atoms with van der Waals surface area (Å²) in [5.41, 5.74) is 9.64. The molecular formula is C23H29N3O3. The summed E-state index contributed by atoms with van der Waals surface area (Å²) >= 11 is 0. The molecule has 0 saturated carbocycles. The van der Waals surface area contributed by atoms with Gasteiger partial charge in [0, 0.05) is 37.8 Å². The van der Waals surface area contributed by atoms with E-state index in [-0.39, 0.29) is 18.1 Å². The Morgan fingerprint density at radius 3 is 2.69 bits per heavy atom. The topological polar surface area (TPSA) is 76.8 Å². The summed E-state index contributed by atoms with van der Waals surface area (Å²) in [4.78, 5) is 14.4. The number of amides is 1. The summed E-state index contributed by atoms with van der Waals surface area (Å²) in [6, 6.07) is 14.4. The van der Waals surface area contributed by atoms with Crippen molar-refractivity contribution in [1.82, 2.24) is 10.2 Å². The second-order valence-corrected chi connectivity index (χ2v) is 7.66. The van der Waals surface area contributed by atoms with E-state index < -0.39 is 0 Å². The molecule has 0 bridgehead atoms. The predicted octanol–water partition coefficient (Wildman–Crippen LogP) is 2.44. The Morgan fingerprint density at radius 2 is 2.00 bits per heavy atom. The molecule has 1 saturated heterocycles. The lowest BCUT2D eigenvalue weighted by atomic mass is 9.88. The van der Waals surface area contributed by atoms with Gasteiger partial charge in [0.1, 0.15) is 5.75 Å². The van der Waals surface area contributed by atoms with E-state index in [9.17, 15) is 4.79 Å². The number of carbonyl (C=O) groups is 1. The molecule has 2 aromatic rings. The molecule has 2 aromatic carbocycles. The molecule has 4 rings (SSSR count). The molecular weight excluding hydrogens is 366 g/mol.